The Bertz CT molecular complexity index is 989. The zero-order valence-corrected chi connectivity index (χ0v) is 16.0. The molecule has 0 amide bonds. The molecule has 4 rings (SSSR count). The van der Waals surface area contributed by atoms with Crippen molar-refractivity contribution in [1.29, 1.82) is 0 Å². The van der Waals surface area contributed by atoms with E-state index in [1.807, 2.05) is 18.2 Å². The summed E-state index contributed by atoms with van der Waals surface area (Å²) in [5, 5.41) is 11.8. The number of halogens is 1. The molecule has 0 saturated carbocycles. The molecule has 0 radical (unpaired) electrons. The third-order valence-electron chi connectivity index (χ3n) is 3.99. The standard InChI is InChI=1S/C19H16ClN3S2/c1-2-23-18(17-11-13-7-4-6-10-16(13)25-17)21-22-19(23)24-12-14-8-3-5-9-15(14)20/h3-11H,2,12H2,1H3. The van der Waals surface area contributed by atoms with Crippen molar-refractivity contribution >= 4 is 44.8 Å². The Labute approximate surface area is 159 Å². The zero-order chi connectivity index (χ0) is 17.2. The fourth-order valence-corrected chi connectivity index (χ4v) is 5.06. The molecule has 4 aromatic rings. The van der Waals surface area contributed by atoms with Crippen LogP contribution in [0.25, 0.3) is 20.8 Å². The van der Waals surface area contributed by atoms with E-state index in [-0.39, 0.29) is 0 Å². The van der Waals surface area contributed by atoms with Gasteiger partial charge in [-0.1, -0.05) is 59.8 Å². The highest BCUT2D eigenvalue weighted by Gasteiger charge is 2.15. The van der Waals surface area contributed by atoms with E-state index < -0.39 is 0 Å². The number of thioether (sulfide) groups is 1. The van der Waals surface area contributed by atoms with Gasteiger partial charge in [0.25, 0.3) is 0 Å². The SMILES string of the molecule is CCn1c(SCc2ccccc2Cl)nnc1-c1cc2ccccc2s1. The van der Waals surface area contributed by atoms with Crippen molar-refractivity contribution in [2.45, 2.75) is 24.4 Å². The van der Waals surface area contributed by atoms with Gasteiger partial charge in [0.2, 0.25) is 0 Å². The molecule has 0 spiro atoms. The summed E-state index contributed by atoms with van der Waals surface area (Å²) in [7, 11) is 0. The summed E-state index contributed by atoms with van der Waals surface area (Å²) in [6, 6.07) is 18.5. The first-order chi connectivity index (χ1) is 12.3. The largest absolute Gasteiger partial charge is 0.302 e. The number of hydrogen-bond donors (Lipinski definition) is 0. The summed E-state index contributed by atoms with van der Waals surface area (Å²) in [6.07, 6.45) is 0. The second kappa shape index (κ2) is 7.20. The normalized spacial score (nSPS) is 11.3. The van der Waals surface area contributed by atoms with Crippen molar-refractivity contribution in [1.82, 2.24) is 14.8 Å². The molecule has 0 unspecified atom stereocenters. The Balaban J connectivity index is 1.63. The summed E-state index contributed by atoms with van der Waals surface area (Å²) in [5.41, 5.74) is 1.11. The van der Waals surface area contributed by atoms with E-state index >= 15 is 0 Å². The van der Waals surface area contributed by atoms with E-state index in [2.05, 4.69) is 58.1 Å². The monoisotopic (exact) mass is 385 g/mol. The Morgan fingerprint density at radius 1 is 1.08 bits per heavy atom. The number of hydrogen-bond acceptors (Lipinski definition) is 4. The van der Waals surface area contributed by atoms with Gasteiger partial charge in [-0.15, -0.1) is 21.5 Å². The molecule has 0 N–H and O–H groups in total. The average molecular weight is 386 g/mol. The number of fused-ring (bicyclic) bond motifs is 1. The van der Waals surface area contributed by atoms with Crippen molar-refractivity contribution in [2.75, 3.05) is 0 Å². The minimum atomic E-state index is 0.782. The molecule has 3 nitrogen and oxygen atoms in total. The van der Waals surface area contributed by atoms with Crippen LogP contribution in [0.1, 0.15) is 12.5 Å². The maximum Gasteiger partial charge on any atom is 0.191 e. The van der Waals surface area contributed by atoms with E-state index in [0.717, 1.165) is 38.7 Å². The van der Waals surface area contributed by atoms with Gasteiger partial charge in [0.05, 0.1) is 4.88 Å². The Morgan fingerprint density at radius 3 is 2.68 bits per heavy atom. The fourth-order valence-electron chi connectivity index (χ4n) is 2.71. The average Bonchev–Trinajstić information content (AvgIpc) is 3.24. The van der Waals surface area contributed by atoms with Crippen LogP contribution < -0.4 is 0 Å². The van der Waals surface area contributed by atoms with Gasteiger partial charge >= 0.3 is 0 Å². The molecule has 2 aromatic heterocycles. The Hall–Kier alpha value is -1.82. The van der Waals surface area contributed by atoms with E-state index in [0.29, 0.717) is 0 Å². The number of aromatic nitrogens is 3. The lowest BCUT2D eigenvalue weighted by atomic mass is 10.2. The predicted octanol–water partition coefficient (Wildman–Crippen LogP) is 6.13. The third-order valence-corrected chi connectivity index (χ3v) is 6.49. The third kappa shape index (κ3) is 3.32. The molecule has 0 aliphatic carbocycles. The second-order valence-corrected chi connectivity index (χ2v) is 8.01. The van der Waals surface area contributed by atoms with E-state index in [9.17, 15) is 0 Å². The zero-order valence-electron chi connectivity index (χ0n) is 13.6. The number of thiophene rings is 1. The summed E-state index contributed by atoms with van der Waals surface area (Å²) in [4.78, 5) is 1.15. The van der Waals surface area contributed by atoms with E-state index in [4.69, 9.17) is 11.6 Å². The quantitative estimate of drug-likeness (QED) is 0.387. The van der Waals surface area contributed by atoms with Crippen molar-refractivity contribution < 1.29 is 0 Å². The van der Waals surface area contributed by atoms with Crippen LogP contribution in [-0.2, 0) is 12.3 Å². The van der Waals surface area contributed by atoms with Crippen molar-refractivity contribution in [3.63, 3.8) is 0 Å². The molecule has 0 bridgehead atoms. The summed E-state index contributed by atoms with van der Waals surface area (Å²) < 4.78 is 3.44. The van der Waals surface area contributed by atoms with Gasteiger partial charge in [-0.25, -0.2) is 0 Å². The van der Waals surface area contributed by atoms with Crippen LogP contribution in [0.4, 0.5) is 0 Å². The van der Waals surface area contributed by atoms with Gasteiger partial charge in [-0.2, -0.15) is 0 Å². The number of nitrogens with zero attached hydrogens (tertiary/aromatic N) is 3. The molecule has 0 fully saturated rings. The van der Waals surface area contributed by atoms with Gasteiger partial charge in [0, 0.05) is 22.0 Å². The molecule has 0 atom stereocenters. The summed E-state index contributed by atoms with van der Waals surface area (Å²) in [6.45, 7) is 2.96. The Kier molecular flexibility index (Phi) is 4.79. The molecular weight excluding hydrogens is 370 g/mol. The van der Waals surface area contributed by atoms with Gasteiger partial charge in [0.15, 0.2) is 11.0 Å². The molecule has 0 saturated heterocycles. The van der Waals surface area contributed by atoms with Gasteiger partial charge in [0.1, 0.15) is 0 Å². The lowest BCUT2D eigenvalue weighted by Gasteiger charge is -2.07. The highest BCUT2D eigenvalue weighted by molar-refractivity contribution is 7.98. The lowest BCUT2D eigenvalue weighted by Crippen LogP contribution is -1.99. The highest BCUT2D eigenvalue weighted by Crippen LogP contribution is 2.34. The molecule has 0 aliphatic rings. The topological polar surface area (TPSA) is 30.7 Å². The highest BCUT2D eigenvalue weighted by atomic mass is 35.5. The van der Waals surface area contributed by atoms with Crippen LogP contribution in [0.2, 0.25) is 5.02 Å². The smallest absolute Gasteiger partial charge is 0.191 e. The van der Waals surface area contributed by atoms with Crippen molar-refractivity contribution in [2.24, 2.45) is 0 Å². The summed E-state index contributed by atoms with van der Waals surface area (Å²) in [5.74, 6) is 1.72. The van der Waals surface area contributed by atoms with Crippen LogP contribution in [0.3, 0.4) is 0 Å². The minimum Gasteiger partial charge on any atom is -0.302 e. The maximum absolute atomic E-state index is 6.26. The van der Waals surface area contributed by atoms with Crippen LogP contribution in [0.15, 0.2) is 59.8 Å². The first-order valence-corrected chi connectivity index (χ1v) is 10.2. The molecule has 2 heterocycles. The fraction of sp³-hybridized carbons (Fsp3) is 0.158. The lowest BCUT2D eigenvalue weighted by molar-refractivity contribution is 0.688. The first kappa shape index (κ1) is 16.6. The van der Waals surface area contributed by atoms with Gasteiger partial charge < -0.3 is 4.57 Å². The number of benzene rings is 2. The predicted molar refractivity (Wildman–Crippen MR) is 108 cm³/mol. The van der Waals surface area contributed by atoms with Crippen molar-refractivity contribution in [3.8, 4) is 10.7 Å². The molecule has 25 heavy (non-hydrogen) atoms. The van der Waals surface area contributed by atoms with Crippen LogP contribution in [0.5, 0.6) is 0 Å². The minimum absolute atomic E-state index is 0.782. The summed E-state index contributed by atoms with van der Waals surface area (Å²) >= 11 is 9.68. The van der Waals surface area contributed by atoms with Gasteiger partial charge in [-0.05, 0) is 36.1 Å². The molecule has 6 heteroatoms. The second-order valence-electron chi connectivity index (χ2n) is 5.58. The van der Waals surface area contributed by atoms with E-state index in [1.165, 1.54) is 10.1 Å². The van der Waals surface area contributed by atoms with Crippen LogP contribution in [-0.4, -0.2) is 14.8 Å². The first-order valence-electron chi connectivity index (χ1n) is 8.04. The molecular formula is C19H16ClN3S2. The van der Waals surface area contributed by atoms with Gasteiger partial charge in [-0.3, -0.25) is 0 Å². The van der Waals surface area contributed by atoms with Crippen LogP contribution >= 0.6 is 34.7 Å². The van der Waals surface area contributed by atoms with Crippen molar-refractivity contribution in [3.05, 3.63) is 65.2 Å². The molecule has 0 aliphatic heterocycles. The van der Waals surface area contributed by atoms with Crippen LogP contribution in [0, 0.1) is 0 Å². The molecule has 2 aromatic carbocycles. The number of rotatable bonds is 5. The Morgan fingerprint density at radius 2 is 1.88 bits per heavy atom. The maximum atomic E-state index is 6.26. The molecule has 126 valence electrons. The van der Waals surface area contributed by atoms with E-state index in [1.54, 1.807) is 23.1 Å².